The van der Waals surface area contributed by atoms with Crippen molar-refractivity contribution in [2.75, 3.05) is 5.75 Å². The summed E-state index contributed by atoms with van der Waals surface area (Å²) in [4.78, 5) is 37.5. The van der Waals surface area contributed by atoms with E-state index in [1.54, 1.807) is 31.2 Å². The molecule has 0 aliphatic heterocycles. The molecule has 0 heterocycles. The minimum atomic E-state index is -0.716. The zero-order chi connectivity index (χ0) is 23.9. The van der Waals surface area contributed by atoms with Gasteiger partial charge in [-0.2, -0.15) is 0 Å². The second kappa shape index (κ2) is 11.1. The van der Waals surface area contributed by atoms with Gasteiger partial charge in [0, 0.05) is 30.0 Å². The molecular weight excluding hydrogens is 433 g/mol. The number of hydrogen-bond acceptors (Lipinski definition) is 5. The Bertz CT molecular complexity index is 943. The first-order chi connectivity index (χ1) is 15.0. The molecule has 0 aliphatic carbocycles. The summed E-state index contributed by atoms with van der Waals surface area (Å²) in [5.74, 6) is -0.239. The molecule has 32 heavy (non-hydrogen) atoms. The Labute approximate surface area is 191 Å². The molecule has 1 atom stereocenters. The molecule has 0 fully saturated rings. The number of carbonyl (C=O) groups is 2. The van der Waals surface area contributed by atoms with E-state index >= 15 is 0 Å². The van der Waals surface area contributed by atoms with Crippen molar-refractivity contribution in [1.29, 1.82) is 0 Å². The molecule has 172 valence electrons. The van der Waals surface area contributed by atoms with Crippen LogP contribution >= 0.6 is 11.8 Å². The maximum Gasteiger partial charge on any atom is 0.269 e. The van der Waals surface area contributed by atoms with Crippen LogP contribution in [0.5, 0.6) is 0 Å². The highest BCUT2D eigenvalue weighted by Crippen LogP contribution is 2.19. The minimum Gasteiger partial charge on any atom is -0.350 e. The molecule has 1 N–H and O–H groups in total. The zero-order valence-electron chi connectivity index (χ0n) is 18.6. The molecule has 2 rings (SSSR count). The van der Waals surface area contributed by atoms with Crippen LogP contribution in [-0.2, 0) is 21.9 Å². The highest BCUT2D eigenvalue weighted by atomic mass is 32.2. The van der Waals surface area contributed by atoms with Crippen LogP contribution in [0.4, 0.5) is 10.1 Å². The van der Waals surface area contributed by atoms with Crippen molar-refractivity contribution >= 4 is 29.3 Å². The molecule has 0 saturated carbocycles. The molecule has 2 aromatic rings. The van der Waals surface area contributed by atoms with E-state index in [2.05, 4.69) is 5.32 Å². The summed E-state index contributed by atoms with van der Waals surface area (Å²) in [7, 11) is 0. The predicted octanol–water partition coefficient (Wildman–Crippen LogP) is 4.30. The van der Waals surface area contributed by atoms with Crippen molar-refractivity contribution < 1.29 is 18.9 Å². The summed E-state index contributed by atoms with van der Waals surface area (Å²) in [5.41, 5.74) is 1.15. The molecule has 0 bridgehead atoms. The zero-order valence-corrected chi connectivity index (χ0v) is 19.4. The van der Waals surface area contributed by atoms with Crippen molar-refractivity contribution in [2.45, 2.75) is 51.6 Å². The number of hydrogen-bond donors (Lipinski definition) is 1. The number of halogens is 1. The van der Waals surface area contributed by atoms with Gasteiger partial charge in [-0.1, -0.05) is 24.3 Å². The van der Waals surface area contributed by atoms with Crippen LogP contribution < -0.4 is 5.32 Å². The Morgan fingerprint density at radius 3 is 2.19 bits per heavy atom. The fourth-order valence-corrected chi connectivity index (χ4v) is 3.77. The number of amides is 2. The average Bonchev–Trinajstić information content (AvgIpc) is 2.72. The van der Waals surface area contributed by atoms with E-state index in [4.69, 9.17) is 0 Å². The lowest BCUT2D eigenvalue weighted by Crippen LogP contribution is -2.52. The van der Waals surface area contributed by atoms with Gasteiger partial charge in [0.15, 0.2) is 0 Å². The second-order valence-corrected chi connectivity index (χ2v) is 9.47. The Morgan fingerprint density at radius 1 is 1.09 bits per heavy atom. The van der Waals surface area contributed by atoms with Gasteiger partial charge in [-0.05, 0) is 51.0 Å². The summed E-state index contributed by atoms with van der Waals surface area (Å²) in [6, 6.07) is 11.3. The summed E-state index contributed by atoms with van der Waals surface area (Å²) >= 11 is 1.36. The fourth-order valence-electron chi connectivity index (χ4n) is 2.90. The summed E-state index contributed by atoms with van der Waals surface area (Å²) < 4.78 is 13.3. The predicted molar refractivity (Wildman–Crippen MR) is 124 cm³/mol. The molecule has 7 nitrogen and oxygen atoms in total. The van der Waals surface area contributed by atoms with Gasteiger partial charge in [-0.3, -0.25) is 19.7 Å². The van der Waals surface area contributed by atoms with Gasteiger partial charge in [0.1, 0.15) is 11.9 Å². The Kier molecular flexibility index (Phi) is 8.77. The van der Waals surface area contributed by atoms with Crippen LogP contribution in [0.1, 0.15) is 38.8 Å². The largest absolute Gasteiger partial charge is 0.350 e. The average molecular weight is 462 g/mol. The number of nitro benzene ring substituents is 1. The molecule has 0 unspecified atom stereocenters. The van der Waals surface area contributed by atoms with Gasteiger partial charge in [0.2, 0.25) is 11.8 Å². The number of nitro groups is 1. The van der Waals surface area contributed by atoms with Gasteiger partial charge >= 0.3 is 0 Å². The molecule has 2 aromatic carbocycles. The normalized spacial score (nSPS) is 12.2. The number of nitrogens with one attached hydrogen (secondary N) is 1. The van der Waals surface area contributed by atoms with Crippen molar-refractivity contribution in [1.82, 2.24) is 10.2 Å². The SMILES string of the molecule is C[C@H](C(=O)NC(C)(C)C)N(Cc1ccc(F)cc1)C(=O)CSCc1ccc([N+](=O)[O-])cc1. The quantitative estimate of drug-likeness (QED) is 0.444. The number of nitrogens with zero attached hydrogens (tertiary/aromatic N) is 2. The molecule has 9 heteroatoms. The number of rotatable bonds is 9. The lowest BCUT2D eigenvalue weighted by molar-refractivity contribution is -0.384. The number of carbonyl (C=O) groups excluding carboxylic acids is 2. The summed E-state index contributed by atoms with van der Waals surface area (Å²) in [6.07, 6.45) is 0. The third-order valence-electron chi connectivity index (χ3n) is 4.57. The molecule has 0 aliphatic rings. The first-order valence-electron chi connectivity index (χ1n) is 10.1. The molecule has 0 saturated heterocycles. The van der Waals surface area contributed by atoms with E-state index in [0.717, 1.165) is 11.1 Å². The Morgan fingerprint density at radius 2 is 1.66 bits per heavy atom. The Balaban J connectivity index is 2.07. The Hall–Kier alpha value is -2.94. The third-order valence-corrected chi connectivity index (χ3v) is 5.56. The lowest BCUT2D eigenvalue weighted by atomic mass is 10.1. The molecule has 0 aromatic heterocycles. The van der Waals surface area contributed by atoms with Crippen LogP contribution in [0.25, 0.3) is 0 Å². The van der Waals surface area contributed by atoms with E-state index in [9.17, 15) is 24.1 Å². The minimum absolute atomic E-state index is 0.0129. The van der Waals surface area contributed by atoms with Gasteiger partial charge in [-0.15, -0.1) is 11.8 Å². The molecule has 0 spiro atoms. The third kappa shape index (κ3) is 7.96. The van der Waals surface area contributed by atoms with Gasteiger partial charge in [0.25, 0.3) is 5.69 Å². The van der Waals surface area contributed by atoms with Crippen LogP contribution in [0.3, 0.4) is 0 Å². The smallest absolute Gasteiger partial charge is 0.269 e. The van der Waals surface area contributed by atoms with Gasteiger partial charge in [-0.25, -0.2) is 4.39 Å². The lowest BCUT2D eigenvalue weighted by Gasteiger charge is -2.31. The maximum atomic E-state index is 13.3. The number of thioether (sulfide) groups is 1. The first kappa shape index (κ1) is 25.3. The van der Waals surface area contributed by atoms with Crippen molar-refractivity contribution in [3.63, 3.8) is 0 Å². The monoisotopic (exact) mass is 461 g/mol. The van der Waals surface area contributed by atoms with E-state index in [-0.39, 0.29) is 35.6 Å². The van der Waals surface area contributed by atoms with Crippen LogP contribution in [0.2, 0.25) is 0 Å². The number of non-ortho nitro benzene ring substituents is 1. The first-order valence-corrected chi connectivity index (χ1v) is 11.3. The molecule has 0 radical (unpaired) electrons. The van der Waals surface area contributed by atoms with Crippen molar-refractivity contribution in [3.8, 4) is 0 Å². The van der Waals surface area contributed by atoms with Crippen molar-refractivity contribution in [2.24, 2.45) is 0 Å². The maximum absolute atomic E-state index is 13.3. The summed E-state index contributed by atoms with van der Waals surface area (Å²) in [6.45, 7) is 7.44. The van der Waals surface area contributed by atoms with Crippen LogP contribution in [0.15, 0.2) is 48.5 Å². The van der Waals surface area contributed by atoms with E-state index in [0.29, 0.717) is 5.75 Å². The van der Waals surface area contributed by atoms with Crippen LogP contribution in [-0.4, -0.2) is 39.0 Å². The van der Waals surface area contributed by atoms with Gasteiger partial charge in [0.05, 0.1) is 10.7 Å². The standard InChI is InChI=1S/C23H28FN3O4S/c1-16(22(29)25-23(2,3)4)26(13-17-5-9-19(24)10-6-17)21(28)15-32-14-18-7-11-20(12-8-18)27(30)31/h5-12,16H,13-15H2,1-4H3,(H,25,29)/t16-/m1/s1. The molecular formula is C23H28FN3O4S. The van der Waals surface area contributed by atoms with E-state index < -0.39 is 16.5 Å². The topological polar surface area (TPSA) is 92.6 Å². The number of benzene rings is 2. The fraction of sp³-hybridized carbons (Fsp3) is 0.391. The second-order valence-electron chi connectivity index (χ2n) is 8.48. The summed E-state index contributed by atoms with van der Waals surface area (Å²) in [5, 5.41) is 13.7. The van der Waals surface area contributed by atoms with Crippen LogP contribution in [0, 0.1) is 15.9 Å². The van der Waals surface area contributed by atoms with Gasteiger partial charge < -0.3 is 10.2 Å². The molecule has 2 amide bonds. The van der Waals surface area contributed by atoms with E-state index in [1.165, 1.54) is 40.9 Å². The highest BCUT2D eigenvalue weighted by molar-refractivity contribution is 7.99. The van der Waals surface area contributed by atoms with E-state index in [1.807, 2.05) is 20.8 Å². The van der Waals surface area contributed by atoms with Crippen molar-refractivity contribution in [3.05, 3.63) is 75.6 Å². The highest BCUT2D eigenvalue weighted by Gasteiger charge is 2.28.